The Morgan fingerprint density at radius 2 is 1.05 bits per heavy atom. The van der Waals surface area contributed by atoms with E-state index in [9.17, 15) is 0 Å². The topological polar surface area (TPSA) is 18.5 Å². The fraction of sp³-hybridized carbons (Fsp3) is 1.00. The molecule has 1 atom stereocenters. The van der Waals surface area contributed by atoms with Crippen molar-refractivity contribution >= 4 is 0 Å². The summed E-state index contributed by atoms with van der Waals surface area (Å²) < 4.78 is 11.3. The lowest BCUT2D eigenvalue weighted by molar-refractivity contribution is -0.164. The van der Waals surface area contributed by atoms with E-state index in [1.54, 1.807) is 0 Å². The van der Waals surface area contributed by atoms with Gasteiger partial charge in [0.15, 0.2) is 6.29 Å². The zero-order valence-electron chi connectivity index (χ0n) is 15.2. The highest BCUT2D eigenvalue weighted by Crippen LogP contribution is 2.18. The monoisotopic (exact) mass is 300 g/mol. The minimum Gasteiger partial charge on any atom is -0.353 e. The quantitative estimate of drug-likeness (QED) is 0.245. The van der Waals surface area contributed by atoms with E-state index < -0.39 is 0 Å². The Balaban J connectivity index is 3.39. The minimum absolute atomic E-state index is 0.00133. The molecule has 21 heavy (non-hydrogen) atoms. The van der Waals surface area contributed by atoms with Crippen LogP contribution >= 0.6 is 0 Å². The summed E-state index contributed by atoms with van der Waals surface area (Å²) in [5.41, 5.74) is 0. The van der Waals surface area contributed by atoms with Gasteiger partial charge < -0.3 is 9.47 Å². The Bertz CT molecular complexity index is 188. The van der Waals surface area contributed by atoms with E-state index in [-0.39, 0.29) is 6.29 Å². The van der Waals surface area contributed by atoms with Crippen molar-refractivity contribution in [2.75, 3.05) is 13.2 Å². The van der Waals surface area contributed by atoms with Gasteiger partial charge in [-0.15, -0.1) is 0 Å². The van der Waals surface area contributed by atoms with Crippen LogP contribution < -0.4 is 0 Å². The highest BCUT2D eigenvalue weighted by Gasteiger charge is 2.16. The molecule has 0 spiro atoms. The lowest BCUT2D eigenvalue weighted by atomic mass is 10.0. The van der Waals surface area contributed by atoms with Crippen molar-refractivity contribution in [2.24, 2.45) is 5.92 Å². The first-order chi connectivity index (χ1) is 10.3. The van der Waals surface area contributed by atoms with Gasteiger partial charge in [0.2, 0.25) is 0 Å². The molecule has 0 aliphatic heterocycles. The summed E-state index contributed by atoms with van der Waals surface area (Å²) in [5, 5.41) is 0. The third-order valence-electron chi connectivity index (χ3n) is 4.14. The molecule has 2 nitrogen and oxygen atoms in total. The Kier molecular flexibility index (Phi) is 16.2. The van der Waals surface area contributed by atoms with Crippen LogP contribution in [0.5, 0.6) is 0 Å². The first kappa shape index (κ1) is 20.9. The number of ether oxygens (including phenoxy) is 2. The van der Waals surface area contributed by atoms with Crippen molar-refractivity contribution in [2.45, 2.75) is 105 Å². The number of unbranched alkanes of at least 4 members (excludes halogenated alkanes) is 9. The molecule has 0 heterocycles. The minimum atomic E-state index is -0.00133. The lowest BCUT2D eigenvalue weighted by Crippen LogP contribution is -2.25. The van der Waals surface area contributed by atoms with Crippen molar-refractivity contribution in [3.8, 4) is 0 Å². The maximum Gasteiger partial charge on any atom is 0.160 e. The summed E-state index contributed by atoms with van der Waals surface area (Å²) in [5.74, 6) is 0.513. The summed E-state index contributed by atoms with van der Waals surface area (Å²) in [7, 11) is 0. The van der Waals surface area contributed by atoms with Crippen LogP contribution in [-0.2, 0) is 9.47 Å². The van der Waals surface area contributed by atoms with Crippen LogP contribution in [0.3, 0.4) is 0 Å². The molecular formula is C19H40O2. The zero-order chi connectivity index (χ0) is 15.8. The molecular weight excluding hydrogens is 260 g/mol. The molecule has 0 rings (SSSR count). The molecule has 0 aromatic heterocycles. The van der Waals surface area contributed by atoms with Crippen LogP contribution in [-0.4, -0.2) is 19.5 Å². The van der Waals surface area contributed by atoms with Gasteiger partial charge in [0.25, 0.3) is 0 Å². The van der Waals surface area contributed by atoms with Crippen molar-refractivity contribution in [3.05, 3.63) is 0 Å². The van der Waals surface area contributed by atoms with Crippen LogP contribution in [0.4, 0.5) is 0 Å². The normalized spacial score (nSPS) is 13.0. The van der Waals surface area contributed by atoms with Gasteiger partial charge in [-0.2, -0.15) is 0 Å². The maximum absolute atomic E-state index is 5.66. The summed E-state index contributed by atoms with van der Waals surface area (Å²) in [6.45, 7) is 10.1. The second kappa shape index (κ2) is 16.3. The fourth-order valence-electron chi connectivity index (χ4n) is 2.80. The standard InChI is InChI=1S/C19H40O2/c1-5-8-9-10-11-12-13-14-15-16-17-18(4)19(20-6-2)21-7-3/h18-19H,5-17H2,1-4H3. The maximum atomic E-state index is 5.66. The van der Waals surface area contributed by atoms with Crippen molar-refractivity contribution in [1.82, 2.24) is 0 Å². The molecule has 2 heteroatoms. The van der Waals surface area contributed by atoms with Crippen LogP contribution in [0.25, 0.3) is 0 Å². The molecule has 1 unspecified atom stereocenters. The SMILES string of the molecule is CCCCCCCCCCCCC(C)C(OCC)OCC. The van der Waals surface area contributed by atoms with Gasteiger partial charge >= 0.3 is 0 Å². The molecule has 0 aromatic rings. The van der Waals surface area contributed by atoms with Crippen molar-refractivity contribution in [3.63, 3.8) is 0 Å². The third kappa shape index (κ3) is 13.3. The molecule has 0 saturated carbocycles. The summed E-state index contributed by atoms with van der Waals surface area (Å²) in [6, 6.07) is 0. The van der Waals surface area contributed by atoms with Crippen molar-refractivity contribution < 1.29 is 9.47 Å². The Morgan fingerprint density at radius 3 is 1.48 bits per heavy atom. The lowest BCUT2D eigenvalue weighted by Gasteiger charge is -2.23. The Labute approximate surface area is 134 Å². The molecule has 0 fully saturated rings. The first-order valence-electron chi connectivity index (χ1n) is 9.49. The van der Waals surface area contributed by atoms with E-state index >= 15 is 0 Å². The van der Waals surface area contributed by atoms with Crippen LogP contribution in [0, 0.1) is 5.92 Å². The van der Waals surface area contributed by atoms with Gasteiger partial charge in [-0.25, -0.2) is 0 Å². The van der Waals surface area contributed by atoms with E-state index in [1.807, 2.05) is 13.8 Å². The van der Waals surface area contributed by atoms with Crippen LogP contribution in [0.1, 0.15) is 98.3 Å². The summed E-state index contributed by atoms with van der Waals surface area (Å²) in [6.07, 6.45) is 15.2. The molecule has 0 aliphatic carbocycles. The summed E-state index contributed by atoms with van der Waals surface area (Å²) in [4.78, 5) is 0. The van der Waals surface area contributed by atoms with Gasteiger partial charge in [-0.1, -0.05) is 78.1 Å². The van der Waals surface area contributed by atoms with Crippen LogP contribution in [0.2, 0.25) is 0 Å². The van der Waals surface area contributed by atoms with Gasteiger partial charge in [0.05, 0.1) is 0 Å². The fourth-order valence-corrected chi connectivity index (χ4v) is 2.80. The molecule has 0 aromatic carbocycles. The zero-order valence-corrected chi connectivity index (χ0v) is 15.2. The number of rotatable bonds is 16. The molecule has 0 bridgehead atoms. The summed E-state index contributed by atoms with van der Waals surface area (Å²) >= 11 is 0. The molecule has 128 valence electrons. The van der Waals surface area contributed by atoms with Gasteiger partial charge in [0.1, 0.15) is 0 Å². The predicted octanol–water partition coefficient (Wildman–Crippen LogP) is 6.33. The molecule has 0 radical (unpaired) electrons. The van der Waals surface area contributed by atoms with Gasteiger partial charge in [-0.05, 0) is 20.3 Å². The van der Waals surface area contributed by atoms with Crippen molar-refractivity contribution in [1.29, 1.82) is 0 Å². The van der Waals surface area contributed by atoms with E-state index in [2.05, 4.69) is 13.8 Å². The van der Waals surface area contributed by atoms with E-state index in [0.717, 1.165) is 13.2 Å². The Hall–Kier alpha value is -0.0800. The third-order valence-corrected chi connectivity index (χ3v) is 4.14. The number of hydrogen-bond acceptors (Lipinski definition) is 2. The van der Waals surface area contributed by atoms with E-state index in [0.29, 0.717) is 5.92 Å². The molecule has 0 N–H and O–H groups in total. The molecule has 0 saturated heterocycles. The van der Waals surface area contributed by atoms with E-state index in [1.165, 1.54) is 70.6 Å². The smallest absolute Gasteiger partial charge is 0.160 e. The molecule has 0 aliphatic rings. The second-order valence-corrected chi connectivity index (χ2v) is 6.23. The van der Waals surface area contributed by atoms with Crippen LogP contribution in [0.15, 0.2) is 0 Å². The average molecular weight is 301 g/mol. The second-order valence-electron chi connectivity index (χ2n) is 6.23. The van der Waals surface area contributed by atoms with E-state index in [4.69, 9.17) is 9.47 Å². The highest BCUT2D eigenvalue weighted by molar-refractivity contribution is 4.59. The molecule has 0 amide bonds. The van der Waals surface area contributed by atoms with Gasteiger partial charge in [0, 0.05) is 19.1 Å². The average Bonchev–Trinajstić information content (AvgIpc) is 2.48. The first-order valence-corrected chi connectivity index (χ1v) is 9.49. The largest absolute Gasteiger partial charge is 0.353 e. The Morgan fingerprint density at radius 1 is 0.619 bits per heavy atom. The van der Waals surface area contributed by atoms with Gasteiger partial charge in [-0.3, -0.25) is 0 Å². The predicted molar refractivity (Wildman–Crippen MR) is 92.7 cm³/mol. The number of hydrogen-bond donors (Lipinski definition) is 0. The highest BCUT2D eigenvalue weighted by atomic mass is 16.7.